The summed E-state index contributed by atoms with van der Waals surface area (Å²) in [7, 11) is 1.58. The van der Waals surface area contributed by atoms with Crippen molar-refractivity contribution in [3.05, 3.63) is 30.2 Å². The number of nitrogens with zero attached hydrogens (tertiary/aromatic N) is 2. The van der Waals surface area contributed by atoms with Crippen LogP contribution in [0.15, 0.2) is 28.8 Å². The van der Waals surface area contributed by atoms with Gasteiger partial charge in [-0.2, -0.15) is 4.98 Å². The maximum absolute atomic E-state index is 11.7. The average Bonchev–Trinajstić information content (AvgIpc) is 3.12. The van der Waals surface area contributed by atoms with Crippen LogP contribution >= 0.6 is 0 Å². The Morgan fingerprint density at radius 3 is 2.85 bits per heavy atom. The molecule has 0 aliphatic rings. The lowest BCUT2D eigenvalue weighted by Gasteiger charge is -2.03. The van der Waals surface area contributed by atoms with Crippen LogP contribution in [0.1, 0.15) is 38.5 Å². The third-order valence-electron chi connectivity index (χ3n) is 3.58. The number of carbonyl (C=O) groups excluding carboxylic acids is 2. The van der Waals surface area contributed by atoms with Gasteiger partial charge >= 0.3 is 5.97 Å². The molecular formula is C18H23N3O5. The number of carbonyl (C=O) groups is 2. The van der Waals surface area contributed by atoms with E-state index in [2.05, 4.69) is 15.5 Å². The van der Waals surface area contributed by atoms with E-state index in [1.807, 2.05) is 18.2 Å². The van der Waals surface area contributed by atoms with E-state index in [1.165, 1.54) is 6.92 Å². The number of methoxy groups -OCH3 is 1. The Bertz CT molecular complexity index is 729. The number of hydrogen-bond acceptors (Lipinski definition) is 7. The Labute approximate surface area is 151 Å². The molecule has 0 bridgehead atoms. The van der Waals surface area contributed by atoms with Gasteiger partial charge in [-0.3, -0.25) is 9.59 Å². The van der Waals surface area contributed by atoms with Gasteiger partial charge < -0.3 is 19.3 Å². The lowest BCUT2D eigenvalue weighted by molar-refractivity contribution is -0.145. The van der Waals surface area contributed by atoms with E-state index >= 15 is 0 Å². The van der Waals surface area contributed by atoms with Gasteiger partial charge in [0.15, 0.2) is 6.61 Å². The largest absolute Gasteiger partial charge is 0.497 e. The second-order valence-corrected chi connectivity index (χ2v) is 5.70. The molecule has 0 saturated heterocycles. The Hall–Kier alpha value is -2.90. The fourth-order valence-corrected chi connectivity index (χ4v) is 2.24. The number of ether oxygens (including phenoxy) is 2. The predicted molar refractivity (Wildman–Crippen MR) is 93.2 cm³/mol. The molecular weight excluding hydrogens is 338 g/mol. The van der Waals surface area contributed by atoms with Crippen molar-refractivity contribution in [3.8, 4) is 17.1 Å². The monoisotopic (exact) mass is 361 g/mol. The first-order valence-electron chi connectivity index (χ1n) is 8.45. The topological polar surface area (TPSA) is 104 Å². The molecule has 0 aliphatic heterocycles. The zero-order chi connectivity index (χ0) is 18.8. The van der Waals surface area contributed by atoms with Crippen molar-refractivity contribution in [3.63, 3.8) is 0 Å². The number of unbranched alkanes of at least 4 members (excludes halogenated alkanes) is 2. The van der Waals surface area contributed by atoms with Gasteiger partial charge in [-0.15, -0.1) is 0 Å². The second kappa shape index (κ2) is 10.2. The third kappa shape index (κ3) is 6.54. The molecule has 1 heterocycles. The molecule has 0 spiro atoms. The van der Waals surface area contributed by atoms with Crippen LogP contribution in [0.5, 0.6) is 5.75 Å². The molecule has 140 valence electrons. The first-order valence-corrected chi connectivity index (χ1v) is 8.45. The molecule has 1 aromatic carbocycles. The molecule has 0 aliphatic carbocycles. The summed E-state index contributed by atoms with van der Waals surface area (Å²) < 4.78 is 15.4. The molecule has 2 rings (SSSR count). The van der Waals surface area contributed by atoms with E-state index in [1.54, 1.807) is 13.2 Å². The summed E-state index contributed by atoms with van der Waals surface area (Å²) in [5.74, 6) is 0.983. The van der Waals surface area contributed by atoms with Gasteiger partial charge in [-0.1, -0.05) is 23.7 Å². The first kappa shape index (κ1) is 19.4. The molecule has 26 heavy (non-hydrogen) atoms. The smallest absolute Gasteiger partial charge is 0.306 e. The Morgan fingerprint density at radius 1 is 1.23 bits per heavy atom. The fraction of sp³-hybridized carbons (Fsp3) is 0.444. The van der Waals surface area contributed by atoms with Crippen molar-refractivity contribution in [2.45, 2.75) is 39.2 Å². The fourth-order valence-electron chi connectivity index (χ4n) is 2.24. The molecule has 2 aromatic rings. The highest BCUT2D eigenvalue weighted by molar-refractivity contribution is 5.72. The standard InChI is InChI=1S/C18H23N3O5/c1-13(22)19-10-5-3-4-9-17(23)25-12-16-20-18(21-26-16)14-7-6-8-15(11-14)24-2/h6-8,11H,3-5,9-10,12H2,1-2H3,(H,19,22). The molecule has 0 fully saturated rings. The SMILES string of the molecule is COc1cccc(-c2noc(COC(=O)CCCCCNC(C)=O)n2)c1. The van der Waals surface area contributed by atoms with Gasteiger partial charge in [0.05, 0.1) is 7.11 Å². The van der Waals surface area contributed by atoms with Crippen molar-refractivity contribution in [2.75, 3.05) is 13.7 Å². The number of rotatable bonds is 10. The predicted octanol–water partition coefficient (Wildman–Crippen LogP) is 2.48. The normalized spacial score (nSPS) is 10.4. The maximum Gasteiger partial charge on any atom is 0.306 e. The summed E-state index contributed by atoms with van der Waals surface area (Å²) in [6.07, 6.45) is 2.70. The molecule has 1 amide bonds. The maximum atomic E-state index is 11.7. The number of esters is 1. The molecule has 0 atom stereocenters. The van der Waals surface area contributed by atoms with Crippen LogP contribution in [0.25, 0.3) is 11.4 Å². The summed E-state index contributed by atoms with van der Waals surface area (Å²) >= 11 is 0. The minimum Gasteiger partial charge on any atom is -0.497 e. The van der Waals surface area contributed by atoms with E-state index in [9.17, 15) is 9.59 Å². The minimum atomic E-state index is -0.314. The van der Waals surface area contributed by atoms with Gasteiger partial charge in [-0.25, -0.2) is 0 Å². The Kier molecular flexibility index (Phi) is 7.60. The van der Waals surface area contributed by atoms with Crippen LogP contribution in [0.3, 0.4) is 0 Å². The van der Waals surface area contributed by atoms with Crippen molar-refractivity contribution < 1.29 is 23.6 Å². The third-order valence-corrected chi connectivity index (χ3v) is 3.58. The summed E-state index contributed by atoms with van der Waals surface area (Å²) in [6.45, 7) is 2.05. The second-order valence-electron chi connectivity index (χ2n) is 5.70. The van der Waals surface area contributed by atoms with Crippen molar-refractivity contribution in [1.29, 1.82) is 0 Å². The molecule has 8 heteroatoms. The Morgan fingerprint density at radius 2 is 2.08 bits per heavy atom. The lowest BCUT2D eigenvalue weighted by Crippen LogP contribution is -2.20. The van der Waals surface area contributed by atoms with Crippen LogP contribution in [0.4, 0.5) is 0 Å². The van der Waals surface area contributed by atoms with Crippen molar-refractivity contribution >= 4 is 11.9 Å². The van der Waals surface area contributed by atoms with Gasteiger partial charge in [0.1, 0.15) is 5.75 Å². The number of amides is 1. The Balaban J connectivity index is 1.70. The minimum absolute atomic E-state index is 0.0442. The van der Waals surface area contributed by atoms with Gasteiger partial charge in [0.2, 0.25) is 11.7 Å². The summed E-state index contributed by atoms with van der Waals surface area (Å²) in [4.78, 5) is 26.7. The van der Waals surface area contributed by atoms with Gasteiger partial charge in [0.25, 0.3) is 5.89 Å². The number of nitrogens with one attached hydrogen (secondary N) is 1. The number of benzene rings is 1. The lowest BCUT2D eigenvalue weighted by atomic mass is 10.2. The zero-order valence-electron chi connectivity index (χ0n) is 15.0. The van der Waals surface area contributed by atoms with Gasteiger partial charge in [0, 0.05) is 25.5 Å². The van der Waals surface area contributed by atoms with E-state index in [0.29, 0.717) is 31.0 Å². The summed E-state index contributed by atoms with van der Waals surface area (Å²) in [5, 5.41) is 6.60. The van der Waals surface area contributed by atoms with Crippen LogP contribution in [-0.2, 0) is 20.9 Å². The first-order chi connectivity index (χ1) is 12.6. The molecule has 0 radical (unpaired) electrons. The molecule has 0 unspecified atom stereocenters. The van der Waals surface area contributed by atoms with E-state index in [-0.39, 0.29) is 24.4 Å². The van der Waals surface area contributed by atoms with Gasteiger partial charge in [-0.05, 0) is 25.0 Å². The molecule has 8 nitrogen and oxygen atoms in total. The average molecular weight is 361 g/mol. The zero-order valence-corrected chi connectivity index (χ0v) is 15.0. The van der Waals surface area contributed by atoms with Crippen molar-refractivity contribution in [1.82, 2.24) is 15.5 Å². The molecule has 0 saturated carbocycles. The van der Waals surface area contributed by atoms with E-state index < -0.39 is 0 Å². The highest BCUT2D eigenvalue weighted by Gasteiger charge is 2.11. The van der Waals surface area contributed by atoms with E-state index in [0.717, 1.165) is 18.4 Å². The van der Waals surface area contributed by atoms with Crippen LogP contribution in [-0.4, -0.2) is 35.7 Å². The van der Waals surface area contributed by atoms with Crippen LogP contribution in [0.2, 0.25) is 0 Å². The summed E-state index contributed by atoms with van der Waals surface area (Å²) in [6, 6.07) is 7.28. The van der Waals surface area contributed by atoms with Crippen LogP contribution in [0, 0.1) is 0 Å². The highest BCUT2D eigenvalue weighted by atomic mass is 16.6. The quantitative estimate of drug-likeness (QED) is 0.512. The number of aromatic nitrogens is 2. The molecule has 1 N–H and O–H groups in total. The van der Waals surface area contributed by atoms with E-state index in [4.69, 9.17) is 14.0 Å². The summed E-state index contributed by atoms with van der Waals surface area (Å²) in [5.41, 5.74) is 0.754. The molecule has 1 aromatic heterocycles. The highest BCUT2D eigenvalue weighted by Crippen LogP contribution is 2.21. The van der Waals surface area contributed by atoms with Crippen molar-refractivity contribution in [2.24, 2.45) is 0 Å². The van der Waals surface area contributed by atoms with Crippen LogP contribution < -0.4 is 10.1 Å². The number of hydrogen-bond donors (Lipinski definition) is 1.